The van der Waals surface area contributed by atoms with Gasteiger partial charge in [0.1, 0.15) is 0 Å². The predicted octanol–water partition coefficient (Wildman–Crippen LogP) is 2.44. The van der Waals surface area contributed by atoms with Crippen LogP contribution in [-0.4, -0.2) is 14.9 Å². The lowest BCUT2D eigenvalue weighted by Crippen LogP contribution is -2.25. The molecule has 0 aliphatic rings. The van der Waals surface area contributed by atoms with E-state index in [-0.39, 0.29) is 12.1 Å². The summed E-state index contributed by atoms with van der Waals surface area (Å²) in [4.78, 5) is 12.3. The Morgan fingerprint density at radius 3 is 2.62 bits per heavy atom. The molecule has 3 rings (SSSR count). The van der Waals surface area contributed by atoms with Gasteiger partial charge in [0.25, 0.3) is 5.56 Å². The number of benzene rings is 2. The summed E-state index contributed by atoms with van der Waals surface area (Å²) in [6.07, 6.45) is 0.899. The zero-order valence-electron chi connectivity index (χ0n) is 11.7. The van der Waals surface area contributed by atoms with Gasteiger partial charge in [-0.3, -0.25) is 4.79 Å². The van der Waals surface area contributed by atoms with Crippen LogP contribution in [-0.2, 0) is 6.54 Å². The van der Waals surface area contributed by atoms with E-state index in [4.69, 9.17) is 0 Å². The summed E-state index contributed by atoms with van der Waals surface area (Å²) < 4.78 is 1.31. The van der Waals surface area contributed by atoms with Crippen molar-refractivity contribution in [1.82, 2.24) is 9.78 Å². The zero-order chi connectivity index (χ0) is 14.8. The number of rotatable bonds is 3. The van der Waals surface area contributed by atoms with Crippen molar-refractivity contribution in [2.45, 2.75) is 19.6 Å². The van der Waals surface area contributed by atoms with Gasteiger partial charge in [0.05, 0.1) is 24.2 Å². The first-order chi connectivity index (χ1) is 10.1. The Labute approximate surface area is 122 Å². The SMILES string of the molecule is Cc1ccc(C(O)Cn2ncc3ccccc3c2=O)cc1. The number of aryl methyl sites for hydroxylation is 1. The van der Waals surface area contributed by atoms with E-state index in [1.165, 1.54) is 4.68 Å². The van der Waals surface area contributed by atoms with E-state index < -0.39 is 6.10 Å². The molecule has 0 fully saturated rings. The fourth-order valence-corrected chi connectivity index (χ4v) is 2.32. The number of hydrogen-bond donors (Lipinski definition) is 1. The van der Waals surface area contributed by atoms with E-state index in [0.717, 1.165) is 16.5 Å². The number of nitrogens with zero attached hydrogens (tertiary/aromatic N) is 2. The normalized spacial score (nSPS) is 12.5. The van der Waals surface area contributed by atoms with Gasteiger partial charge in [0.2, 0.25) is 0 Å². The fourth-order valence-electron chi connectivity index (χ4n) is 2.32. The first-order valence-corrected chi connectivity index (χ1v) is 6.84. The molecule has 0 radical (unpaired) electrons. The molecule has 0 spiro atoms. The van der Waals surface area contributed by atoms with Gasteiger partial charge in [-0.1, -0.05) is 48.0 Å². The minimum atomic E-state index is -0.753. The summed E-state index contributed by atoms with van der Waals surface area (Å²) in [6, 6.07) is 14.9. The van der Waals surface area contributed by atoms with Crippen LogP contribution in [0.2, 0.25) is 0 Å². The molecule has 106 valence electrons. The molecular formula is C17H16N2O2. The van der Waals surface area contributed by atoms with Crippen LogP contribution in [0.3, 0.4) is 0 Å². The van der Waals surface area contributed by atoms with E-state index in [0.29, 0.717) is 5.39 Å². The average Bonchev–Trinajstić information content (AvgIpc) is 2.51. The highest BCUT2D eigenvalue weighted by atomic mass is 16.3. The molecule has 0 saturated heterocycles. The van der Waals surface area contributed by atoms with Crippen molar-refractivity contribution in [2.24, 2.45) is 0 Å². The third-order valence-corrected chi connectivity index (χ3v) is 3.57. The molecule has 1 aromatic heterocycles. The first-order valence-electron chi connectivity index (χ1n) is 6.84. The smallest absolute Gasteiger partial charge is 0.274 e. The zero-order valence-corrected chi connectivity index (χ0v) is 11.7. The molecule has 4 heteroatoms. The first kappa shape index (κ1) is 13.5. The molecule has 0 bridgehead atoms. The summed E-state index contributed by atoms with van der Waals surface area (Å²) >= 11 is 0. The fraction of sp³-hybridized carbons (Fsp3) is 0.176. The van der Waals surface area contributed by atoms with Crippen LogP contribution in [0, 0.1) is 6.92 Å². The molecule has 1 heterocycles. The van der Waals surface area contributed by atoms with Crippen LogP contribution in [0.25, 0.3) is 10.8 Å². The number of fused-ring (bicyclic) bond motifs is 1. The van der Waals surface area contributed by atoms with Gasteiger partial charge in [-0.15, -0.1) is 0 Å². The lowest BCUT2D eigenvalue weighted by Gasteiger charge is -2.12. The lowest BCUT2D eigenvalue weighted by molar-refractivity contribution is 0.149. The van der Waals surface area contributed by atoms with E-state index in [1.807, 2.05) is 49.4 Å². The Kier molecular flexibility index (Phi) is 3.54. The second-order valence-electron chi connectivity index (χ2n) is 5.15. The van der Waals surface area contributed by atoms with Gasteiger partial charge < -0.3 is 5.11 Å². The standard InChI is InChI=1S/C17H16N2O2/c1-12-6-8-13(9-7-12)16(20)11-19-17(21)15-5-3-2-4-14(15)10-18-19/h2-10,16,20H,11H2,1H3. The van der Waals surface area contributed by atoms with Crippen molar-refractivity contribution in [3.63, 3.8) is 0 Å². The summed E-state index contributed by atoms with van der Waals surface area (Å²) in [6.45, 7) is 2.14. The van der Waals surface area contributed by atoms with Gasteiger partial charge in [-0.25, -0.2) is 4.68 Å². The van der Waals surface area contributed by atoms with Crippen LogP contribution >= 0.6 is 0 Å². The predicted molar refractivity (Wildman–Crippen MR) is 82.1 cm³/mol. The second-order valence-corrected chi connectivity index (χ2v) is 5.15. The van der Waals surface area contributed by atoms with E-state index in [2.05, 4.69) is 5.10 Å². The third-order valence-electron chi connectivity index (χ3n) is 3.57. The number of aromatic nitrogens is 2. The van der Waals surface area contributed by atoms with Crippen molar-refractivity contribution in [3.05, 3.63) is 76.2 Å². The Morgan fingerprint density at radius 1 is 1.14 bits per heavy atom. The number of aliphatic hydroxyl groups excluding tert-OH is 1. The molecule has 0 saturated carbocycles. The van der Waals surface area contributed by atoms with Gasteiger partial charge >= 0.3 is 0 Å². The van der Waals surface area contributed by atoms with Crippen molar-refractivity contribution in [3.8, 4) is 0 Å². The summed E-state index contributed by atoms with van der Waals surface area (Å²) in [7, 11) is 0. The molecule has 2 aromatic carbocycles. The van der Waals surface area contributed by atoms with Crippen LogP contribution in [0.15, 0.2) is 59.5 Å². The topological polar surface area (TPSA) is 55.1 Å². The summed E-state index contributed by atoms with van der Waals surface area (Å²) in [5.41, 5.74) is 1.73. The Morgan fingerprint density at radius 2 is 1.86 bits per heavy atom. The van der Waals surface area contributed by atoms with Crippen LogP contribution in [0.4, 0.5) is 0 Å². The molecule has 4 nitrogen and oxygen atoms in total. The van der Waals surface area contributed by atoms with Crippen molar-refractivity contribution < 1.29 is 5.11 Å². The highest BCUT2D eigenvalue weighted by Gasteiger charge is 2.11. The van der Waals surface area contributed by atoms with E-state index in [9.17, 15) is 9.90 Å². The number of aliphatic hydroxyl groups is 1. The van der Waals surface area contributed by atoms with Gasteiger partial charge in [-0.2, -0.15) is 5.10 Å². The number of hydrogen-bond acceptors (Lipinski definition) is 3. The van der Waals surface area contributed by atoms with Gasteiger partial charge in [0.15, 0.2) is 0 Å². The highest BCUT2D eigenvalue weighted by Crippen LogP contribution is 2.15. The molecule has 1 unspecified atom stereocenters. The van der Waals surface area contributed by atoms with E-state index >= 15 is 0 Å². The maximum Gasteiger partial charge on any atom is 0.274 e. The van der Waals surface area contributed by atoms with Crippen LogP contribution in [0.1, 0.15) is 17.2 Å². The molecule has 1 atom stereocenters. The van der Waals surface area contributed by atoms with Crippen molar-refractivity contribution in [1.29, 1.82) is 0 Å². The maximum absolute atomic E-state index is 12.3. The third kappa shape index (κ3) is 2.71. The molecule has 0 aliphatic carbocycles. The maximum atomic E-state index is 12.3. The second kappa shape index (κ2) is 5.50. The van der Waals surface area contributed by atoms with E-state index in [1.54, 1.807) is 12.3 Å². The molecule has 21 heavy (non-hydrogen) atoms. The highest BCUT2D eigenvalue weighted by molar-refractivity contribution is 5.80. The molecule has 0 aliphatic heterocycles. The summed E-state index contributed by atoms with van der Waals surface area (Å²) in [5.74, 6) is 0. The molecule has 0 amide bonds. The Balaban J connectivity index is 1.93. The van der Waals surface area contributed by atoms with Gasteiger partial charge in [-0.05, 0) is 18.6 Å². The summed E-state index contributed by atoms with van der Waals surface area (Å²) in [5, 5.41) is 15.8. The average molecular weight is 280 g/mol. The quantitative estimate of drug-likeness (QED) is 0.801. The van der Waals surface area contributed by atoms with Crippen LogP contribution in [0.5, 0.6) is 0 Å². The largest absolute Gasteiger partial charge is 0.386 e. The van der Waals surface area contributed by atoms with Crippen LogP contribution < -0.4 is 5.56 Å². The minimum Gasteiger partial charge on any atom is -0.386 e. The monoisotopic (exact) mass is 280 g/mol. The molecule has 1 N–H and O–H groups in total. The van der Waals surface area contributed by atoms with Crippen molar-refractivity contribution in [2.75, 3.05) is 0 Å². The lowest BCUT2D eigenvalue weighted by atomic mass is 10.1. The molecular weight excluding hydrogens is 264 g/mol. The van der Waals surface area contributed by atoms with Gasteiger partial charge in [0, 0.05) is 5.39 Å². The van der Waals surface area contributed by atoms with Crippen molar-refractivity contribution >= 4 is 10.8 Å². The molecule has 3 aromatic rings. The Hall–Kier alpha value is -2.46. The Bertz CT molecular complexity index is 822. The minimum absolute atomic E-state index is 0.146.